The highest BCUT2D eigenvalue weighted by atomic mass is 19.4. The van der Waals surface area contributed by atoms with Crippen molar-refractivity contribution in [2.75, 3.05) is 0 Å². The van der Waals surface area contributed by atoms with Gasteiger partial charge in [0.15, 0.2) is 5.69 Å². The first-order chi connectivity index (χ1) is 10.4. The maximum absolute atomic E-state index is 13.1. The molecule has 11 heteroatoms. The van der Waals surface area contributed by atoms with Gasteiger partial charge in [0, 0.05) is 0 Å². The molecule has 124 valence electrons. The Bertz CT molecular complexity index is 761. The molecule has 0 saturated carbocycles. The molecule has 0 aliphatic rings. The summed E-state index contributed by atoms with van der Waals surface area (Å²) in [5, 5.41) is 3.15. The summed E-state index contributed by atoms with van der Waals surface area (Å²) in [6, 6.07) is 1.04. The number of halogens is 7. The number of carbonyl (C=O) groups excluding carboxylic acids is 1. The number of nitrogens with two attached hydrogens (primary N) is 1. The van der Waals surface area contributed by atoms with Crippen LogP contribution in [0.3, 0.4) is 0 Å². The van der Waals surface area contributed by atoms with Gasteiger partial charge >= 0.3 is 12.4 Å². The van der Waals surface area contributed by atoms with Crippen molar-refractivity contribution in [3.05, 3.63) is 47.0 Å². The molecule has 0 spiro atoms. The summed E-state index contributed by atoms with van der Waals surface area (Å²) in [6.07, 6.45) is -9.95. The van der Waals surface area contributed by atoms with Crippen molar-refractivity contribution in [2.24, 2.45) is 5.73 Å². The van der Waals surface area contributed by atoms with Crippen LogP contribution in [-0.2, 0) is 12.4 Å². The maximum atomic E-state index is 13.1. The average Bonchev–Trinajstić information content (AvgIpc) is 2.82. The number of aromatic nitrogens is 2. The van der Waals surface area contributed by atoms with Gasteiger partial charge in [-0.25, -0.2) is 9.07 Å². The molecule has 0 radical (unpaired) electrons. The van der Waals surface area contributed by atoms with E-state index in [1.54, 1.807) is 0 Å². The first-order valence-corrected chi connectivity index (χ1v) is 5.75. The normalized spacial score (nSPS) is 12.5. The maximum Gasteiger partial charge on any atom is 0.434 e. The van der Waals surface area contributed by atoms with Crippen molar-refractivity contribution in [3.8, 4) is 5.69 Å². The Balaban J connectivity index is 2.81. The Morgan fingerprint density at radius 2 is 1.70 bits per heavy atom. The molecule has 0 aliphatic heterocycles. The molecular weight excluding hydrogens is 335 g/mol. The van der Waals surface area contributed by atoms with E-state index in [1.165, 1.54) is 0 Å². The number of amides is 1. The van der Waals surface area contributed by atoms with Gasteiger partial charge in [0.05, 0.1) is 23.0 Å². The third kappa shape index (κ3) is 3.12. The molecule has 23 heavy (non-hydrogen) atoms. The lowest BCUT2D eigenvalue weighted by Gasteiger charge is -2.16. The lowest BCUT2D eigenvalue weighted by atomic mass is 10.1. The molecule has 0 atom stereocenters. The second-order valence-electron chi connectivity index (χ2n) is 4.34. The van der Waals surface area contributed by atoms with E-state index in [0.29, 0.717) is 18.3 Å². The van der Waals surface area contributed by atoms with Gasteiger partial charge in [0.2, 0.25) is 0 Å². The Morgan fingerprint density at radius 1 is 1.09 bits per heavy atom. The smallest absolute Gasteiger partial charge is 0.365 e. The molecule has 0 unspecified atom stereocenters. The van der Waals surface area contributed by atoms with Gasteiger partial charge in [-0.2, -0.15) is 31.4 Å². The summed E-state index contributed by atoms with van der Waals surface area (Å²) in [6.45, 7) is 0. The molecule has 0 aliphatic carbocycles. The van der Waals surface area contributed by atoms with Crippen LogP contribution in [0.5, 0.6) is 0 Å². The average molecular weight is 341 g/mol. The van der Waals surface area contributed by atoms with Crippen LogP contribution in [0.2, 0.25) is 0 Å². The van der Waals surface area contributed by atoms with Crippen molar-refractivity contribution < 1.29 is 35.5 Å². The summed E-state index contributed by atoms with van der Waals surface area (Å²) in [7, 11) is 0. The highest BCUT2D eigenvalue weighted by Gasteiger charge is 2.42. The van der Waals surface area contributed by atoms with Gasteiger partial charge in [-0.05, 0) is 18.2 Å². The molecule has 1 heterocycles. The van der Waals surface area contributed by atoms with Crippen molar-refractivity contribution in [3.63, 3.8) is 0 Å². The molecular formula is C12H6F7N3O. The number of primary amides is 1. The lowest BCUT2D eigenvalue weighted by molar-refractivity contribution is -0.145. The molecule has 1 aromatic heterocycles. The minimum atomic E-state index is -5.21. The number of carbonyl (C=O) groups is 1. The van der Waals surface area contributed by atoms with E-state index < -0.39 is 46.6 Å². The van der Waals surface area contributed by atoms with E-state index in [0.717, 1.165) is 0 Å². The van der Waals surface area contributed by atoms with E-state index in [1.807, 2.05) is 0 Å². The van der Waals surface area contributed by atoms with Crippen molar-refractivity contribution in [1.29, 1.82) is 0 Å². The SMILES string of the molecule is NC(=O)c1cnn(-c2ccc(F)cc2C(F)(F)F)c1C(F)(F)F. The summed E-state index contributed by atoms with van der Waals surface area (Å²) in [5.74, 6) is -2.81. The largest absolute Gasteiger partial charge is 0.434 e. The van der Waals surface area contributed by atoms with E-state index in [4.69, 9.17) is 5.73 Å². The standard InChI is InChI=1S/C12H6F7N3O/c13-5-1-2-8(7(3-5)11(14,15)16)22-9(12(17,18)19)6(4-21-22)10(20)23/h1-4H,(H2,20,23). The van der Waals surface area contributed by atoms with Gasteiger partial charge in [-0.3, -0.25) is 4.79 Å². The first-order valence-electron chi connectivity index (χ1n) is 5.75. The van der Waals surface area contributed by atoms with Crippen LogP contribution in [0.15, 0.2) is 24.4 Å². The molecule has 0 saturated heterocycles. The van der Waals surface area contributed by atoms with E-state index in [9.17, 15) is 35.5 Å². The lowest BCUT2D eigenvalue weighted by Crippen LogP contribution is -2.22. The first kappa shape index (κ1) is 16.8. The number of hydrogen-bond acceptors (Lipinski definition) is 2. The van der Waals surface area contributed by atoms with Gasteiger partial charge in [-0.1, -0.05) is 0 Å². The number of benzene rings is 1. The van der Waals surface area contributed by atoms with Gasteiger partial charge in [0.25, 0.3) is 5.91 Å². The quantitative estimate of drug-likeness (QED) is 0.853. The molecule has 2 rings (SSSR count). The number of rotatable bonds is 2. The van der Waals surface area contributed by atoms with E-state index >= 15 is 0 Å². The van der Waals surface area contributed by atoms with Crippen LogP contribution in [0.25, 0.3) is 5.69 Å². The number of nitrogens with zero attached hydrogens (tertiary/aromatic N) is 2. The minimum absolute atomic E-state index is 0.0289. The highest BCUT2D eigenvalue weighted by Crippen LogP contribution is 2.38. The summed E-state index contributed by atoms with van der Waals surface area (Å²) < 4.78 is 90.9. The summed E-state index contributed by atoms with van der Waals surface area (Å²) in [5.41, 5.74) is -0.865. The Morgan fingerprint density at radius 3 is 2.17 bits per heavy atom. The fourth-order valence-corrected chi connectivity index (χ4v) is 1.90. The van der Waals surface area contributed by atoms with Crippen LogP contribution >= 0.6 is 0 Å². The zero-order valence-corrected chi connectivity index (χ0v) is 10.8. The second kappa shape index (κ2) is 5.25. The van der Waals surface area contributed by atoms with Crippen LogP contribution < -0.4 is 5.73 Å². The molecule has 4 nitrogen and oxygen atoms in total. The second-order valence-corrected chi connectivity index (χ2v) is 4.34. The third-order valence-corrected chi connectivity index (χ3v) is 2.80. The Labute approximate surface area is 123 Å². The van der Waals surface area contributed by atoms with Crippen molar-refractivity contribution in [2.45, 2.75) is 12.4 Å². The summed E-state index contributed by atoms with van der Waals surface area (Å²) >= 11 is 0. The fraction of sp³-hybridized carbons (Fsp3) is 0.167. The van der Waals surface area contributed by atoms with E-state index in [2.05, 4.69) is 5.10 Å². The monoisotopic (exact) mass is 341 g/mol. The predicted octanol–water partition coefficient (Wildman–Crippen LogP) is 3.15. The van der Waals surface area contributed by atoms with Gasteiger partial charge in [-0.15, -0.1) is 0 Å². The number of alkyl halides is 6. The fourth-order valence-electron chi connectivity index (χ4n) is 1.90. The van der Waals surface area contributed by atoms with Crippen LogP contribution in [0.1, 0.15) is 21.6 Å². The molecule has 1 amide bonds. The predicted molar refractivity (Wildman–Crippen MR) is 62.0 cm³/mol. The van der Waals surface area contributed by atoms with Gasteiger partial charge < -0.3 is 5.73 Å². The van der Waals surface area contributed by atoms with Gasteiger partial charge in [0.1, 0.15) is 5.82 Å². The van der Waals surface area contributed by atoms with Crippen LogP contribution in [0.4, 0.5) is 30.7 Å². The Kier molecular flexibility index (Phi) is 3.83. The van der Waals surface area contributed by atoms with Crippen molar-refractivity contribution >= 4 is 5.91 Å². The Hall–Kier alpha value is -2.59. The minimum Gasteiger partial charge on any atom is -0.365 e. The molecule has 2 aromatic rings. The zero-order chi connectivity index (χ0) is 17.6. The molecule has 0 fully saturated rings. The van der Waals surface area contributed by atoms with Crippen LogP contribution in [0, 0.1) is 5.82 Å². The zero-order valence-electron chi connectivity index (χ0n) is 10.8. The molecule has 1 aromatic carbocycles. The topological polar surface area (TPSA) is 60.9 Å². The van der Waals surface area contributed by atoms with Crippen molar-refractivity contribution in [1.82, 2.24) is 9.78 Å². The highest BCUT2D eigenvalue weighted by molar-refractivity contribution is 5.94. The van der Waals surface area contributed by atoms with Crippen LogP contribution in [-0.4, -0.2) is 15.7 Å². The van der Waals surface area contributed by atoms with E-state index in [-0.39, 0.29) is 10.7 Å². The number of hydrogen-bond donors (Lipinski definition) is 1. The molecule has 2 N–H and O–H groups in total. The third-order valence-electron chi connectivity index (χ3n) is 2.80. The molecule has 0 bridgehead atoms. The summed E-state index contributed by atoms with van der Waals surface area (Å²) in [4.78, 5) is 11.0.